The van der Waals surface area contributed by atoms with E-state index in [-0.39, 0.29) is 41.6 Å². The second-order valence-electron chi connectivity index (χ2n) is 8.85. The number of carbonyl (C=O) groups is 1. The van der Waals surface area contributed by atoms with Gasteiger partial charge in [-0.1, -0.05) is 6.42 Å². The van der Waals surface area contributed by atoms with E-state index >= 15 is 4.39 Å². The molecule has 5 rings (SSSR count). The van der Waals surface area contributed by atoms with Crippen molar-refractivity contribution < 1.29 is 18.7 Å². The molecule has 2 aliphatic heterocycles. The maximum atomic E-state index is 15.5. The fraction of sp³-hybridized carbons (Fsp3) is 0.391. The lowest BCUT2D eigenvalue weighted by atomic mass is 9.81. The number of aryl methyl sites for hydroxylation is 1. The van der Waals surface area contributed by atoms with E-state index in [1.165, 1.54) is 23.4 Å². The van der Waals surface area contributed by atoms with Crippen molar-refractivity contribution in [3.8, 4) is 0 Å². The summed E-state index contributed by atoms with van der Waals surface area (Å²) < 4.78 is 32.4. The third kappa shape index (κ3) is 3.97. The Morgan fingerprint density at radius 2 is 2.09 bits per heavy atom. The zero-order valence-electron chi connectivity index (χ0n) is 18.0. The lowest BCUT2D eigenvalue weighted by Gasteiger charge is -2.51. The number of hydrogen-bond acceptors (Lipinski definition) is 5. The highest BCUT2D eigenvalue weighted by Gasteiger charge is 2.49. The predicted octanol–water partition coefficient (Wildman–Crippen LogP) is 3.53. The average molecular weight is 567 g/mol. The summed E-state index contributed by atoms with van der Waals surface area (Å²) in [5, 5.41) is 17.1. The number of piperidine rings is 1. The van der Waals surface area contributed by atoms with Gasteiger partial charge in [-0.05, 0) is 66.2 Å². The molecule has 3 aromatic rings. The number of rotatable bonds is 4. The maximum absolute atomic E-state index is 15.5. The number of amides is 1. The molecule has 10 heteroatoms. The molecule has 3 N–H and O–H groups in total. The number of likely N-dealkylation sites (tertiary alicyclic amines) is 1. The molecule has 2 aliphatic rings. The second-order valence-corrected chi connectivity index (χ2v) is 10.1. The van der Waals surface area contributed by atoms with Crippen LogP contribution in [0.1, 0.15) is 29.6 Å². The number of imidazole rings is 1. The maximum Gasteiger partial charge on any atom is 0.256 e. The number of β-amino-alcohol motifs (C(OH)–C–C–N with tert-alkyl or cyclic N) is 1. The minimum absolute atomic E-state index is 0.0603. The van der Waals surface area contributed by atoms with Crippen molar-refractivity contribution in [1.29, 1.82) is 0 Å². The molecule has 3 heterocycles. The zero-order valence-corrected chi connectivity index (χ0v) is 20.2. The van der Waals surface area contributed by atoms with Crippen LogP contribution in [0.5, 0.6) is 0 Å². The summed E-state index contributed by atoms with van der Waals surface area (Å²) in [4.78, 5) is 19.0. The van der Waals surface area contributed by atoms with Gasteiger partial charge < -0.3 is 25.2 Å². The molecule has 7 nitrogen and oxygen atoms in total. The number of nitrogens with one attached hydrogen (secondary N) is 2. The van der Waals surface area contributed by atoms with Gasteiger partial charge in [0.15, 0.2) is 5.82 Å². The smallest absolute Gasteiger partial charge is 0.256 e. The molecule has 2 fully saturated rings. The SMILES string of the molecule is Cn1cnc2c(F)c(Nc3ccc(I)cc3F)c(C(=O)N3CC(O)(C4CCCCN4)C3)cc21. The largest absolute Gasteiger partial charge is 0.385 e. The molecule has 0 aliphatic carbocycles. The molecule has 0 saturated carbocycles. The number of carbonyl (C=O) groups excluding carboxylic acids is 1. The zero-order chi connectivity index (χ0) is 23.3. The van der Waals surface area contributed by atoms with E-state index in [4.69, 9.17) is 0 Å². The number of aliphatic hydroxyl groups is 1. The molecule has 33 heavy (non-hydrogen) atoms. The van der Waals surface area contributed by atoms with E-state index in [0.29, 0.717) is 9.09 Å². The van der Waals surface area contributed by atoms with Gasteiger partial charge in [-0.3, -0.25) is 4.79 Å². The number of hydrogen-bond donors (Lipinski definition) is 3. The van der Waals surface area contributed by atoms with Crippen LogP contribution in [0.2, 0.25) is 0 Å². The normalized spacial score (nSPS) is 20.0. The number of halogens is 3. The van der Waals surface area contributed by atoms with Crippen LogP contribution in [0.15, 0.2) is 30.6 Å². The first kappa shape index (κ1) is 22.5. The van der Waals surface area contributed by atoms with Crippen molar-refractivity contribution in [3.63, 3.8) is 0 Å². The highest BCUT2D eigenvalue weighted by molar-refractivity contribution is 14.1. The highest BCUT2D eigenvalue weighted by atomic mass is 127. The van der Waals surface area contributed by atoms with Gasteiger partial charge in [0.2, 0.25) is 0 Å². The quantitative estimate of drug-likeness (QED) is 0.421. The Labute approximate surface area is 203 Å². The third-order valence-corrected chi connectivity index (χ3v) is 7.23. The number of anilines is 2. The van der Waals surface area contributed by atoms with Gasteiger partial charge in [-0.25, -0.2) is 13.8 Å². The molecule has 1 atom stereocenters. The van der Waals surface area contributed by atoms with E-state index in [1.807, 2.05) is 22.6 Å². The number of benzene rings is 2. The summed E-state index contributed by atoms with van der Waals surface area (Å²) in [6.07, 6.45) is 4.43. The van der Waals surface area contributed by atoms with Crippen LogP contribution >= 0.6 is 22.6 Å². The standard InChI is InChI=1S/C23H24F2IN5O2/c1-30-12-28-21-17(30)9-14(20(19(21)25)29-16-6-5-13(26)8-15(16)24)22(32)31-10-23(33,11-31)18-4-2-3-7-27-18/h5-6,8-9,12,18,27,29,33H,2-4,7,10-11H2,1H3. The van der Waals surface area contributed by atoms with Crippen LogP contribution in [0.3, 0.4) is 0 Å². The predicted molar refractivity (Wildman–Crippen MR) is 130 cm³/mol. The van der Waals surface area contributed by atoms with Gasteiger partial charge in [0.05, 0.1) is 41.9 Å². The third-order valence-electron chi connectivity index (χ3n) is 6.56. The van der Waals surface area contributed by atoms with E-state index in [1.54, 1.807) is 23.7 Å². The Kier molecular flexibility index (Phi) is 5.78. The molecule has 0 spiro atoms. The molecule has 1 unspecified atom stereocenters. The van der Waals surface area contributed by atoms with Crippen LogP contribution in [0.4, 0.5) is 20.2 Å². The lowest BCUT2D eigenvalue weighted by molar-refractivity contribution is -0.108. The molecule has 0 bridgehead atoms. The first-order valence-electron chi connectivity index (χ1n) is 10.9. The summed E-state index contributed by atoms with van der Waals surface area (Å²) in [6.45, 7) is 1.16. The molecule has 2 saturated heterocycles. The Balaban J connectivity index is 1.49. The number of aromatic nitrogens is 2. The fourth-order valence-corrected chi connectivity index (χ4v) is 5.15. The summed E-state index contributed by atoms with van der Waals surface area (Å²) >= 11 is 1.99. The topological polar surface area (TPSA) is 82.4 Å². The van der Waals surface area contributed by atoms with Crippen LogP contribution in [-0.4, -0.2) is 56.7 Å². The fourth-order valence-electron chi connectivity index (χ4n) is 4.70. The Morgan fingerprint density at radius 1 is 1.30 bits per heavy atom. The summed E-state index contributed by atoms with van der Waals surface area (Å²) in [7, 11) is 1.71. The van der Waals surface area contributed by atoms with Crippen LogP contribution in [0.25, 0.3) is 11.0 Å². The number of fused-ring (bicyclic) bond motifs is 1. The van der Waals surface area contributed by atoms with Gasteiger partial charge in [-0.15, -0.1) is 0 Å². The molecule has 1 aromatic heterocycles. The van der Waals surface area contributed by atoms with Crippen LogP contribution in [-0.2, 0) is 7.05 Å². The van der Waals surface area contributed by atoms with Crippen molar-refractivity contribution in [2.45, 2.75) is 30.9 Å². The van der Waals surface area contributed by atoms with Crippen molar-refractivity contribution in [2.75, 3.05) is 25.0 Å². The van der Waals surface area contributed by atoms with Crippen molar-refractivity contribution in [1.82, 2.24) is 19.8 Å². The Hall–Kier alpha value is -2.31. The first-order chi connectivity index (χ1) is 15.8. The van der Waals surface area contributed by atoms with Gasteiger partial charge in [0, 0.05) is 16.7 Å². The summed E-state index contributed by atoms with van der Waals surface area (Å²) in [5.74, 6) is -1.70. The van der Waals surface area contributed by atoms with Crippen LogP contribution in [0, 0.1) is 15.2 Å². The second kappa shape index (κ2) is 8.48. The van der Waals surface area contributed by atoms with Gasteiger partial charge in [-0.2, -0.15) is 0 Å². The van der Waals surface area contributed by atoms with Gasteiger partial charge >= 0.3 is 0 Å². The molecule has 2 aromatic carbocycles. The van der Waals surface area contributed by atoms with Gasteiger partial charge in [0.25, 0.3) is 5.91 Å². The lowest BCUT2D eigenvalue weighted by Crippen LogP contribution is -2.72. The molecule has 0 radical (unpaired) electrons. The van der Waals surface area contributed by atoms with Gasteiger partial charge in [0.1, 0.15) is 16.9 Å². The van der Waals surface area contributed by atoms with E-state index in [9.17, 15) is 14.3 Å². The van der Waals surface area contributed by atoms with E-state index in [2.05, 4.69) is 15.6 Å². The first-order valence-corrected chi connectivity index (χ1v) is 12.0. The molecular weight excluding hydrogens is 543 g/mol. The molecular formula is C23H24F2IN5O2. The minimum Gasteiger partial charge on any atom is -0.385 e. The van der Waals surface area contributed by atoms with E-state index < -0.39 is 23.1 Å². The monoisotopic (exact) mass is 567 g/mol. The molecule has 1 amide bonds. The number of nitrogens with zero attached hydrogens (tertiary/aromatic N) is 3. The van der Waals surface area contributed by atoms with Crippen molar-refractivity contribution in [2.24, 2.45) is 7.05 Å². The average Bonchev–Trinajstić information content (AvgIpc) is 3.16. The summed E-state index contributed by atoms with van der Waals surface area (Å²) in [5.41, 5.74) is -0.452. The highest BCUT2D eigenvalue weighted by Crippen LogP contribution is 2.35. The Bertz CT molecular complexity index is 1240. The van der Waals surface area contributed by atoms with Crippen molar-refractivity contribution in [3.05, 3.63) is 51.4 Å². The van der Waals surface area contributed by atoms with Crippen molar-refractivity contribution >= 4 is 50.9 Å². The van der Waals surface area contributed by atoms with Crippen LogP contribution < -0.4 is 10.6 Å². The Morgan fingerprint density at radius 3 is 2.79 bits per heavy atom. The van der Waals surface area contributed by atoms with E-state index in [0.717, 1.165) is 25.8 Å². The minimum atomic E-state index is -0.999. The molecule has 174 valence electrons. The summed E-state index contributed by atoms with van der Waals surface area (Å²) in [6, 6.07) is 6.03.